The van der Waals surface area contributed by atoms with E-state index in [1.165, 1.54) is 11.1 Å². The van der Waals surface area contributed by atoms with Crippen LogP contribution in [0.15, 0.2) is 78.9 Å². The number of carbonyl (C=O) groups is 1. The summed E-state index contributed by atoms with van der Waals surface area (Å²) in [5.74, 6) is -0.291. The number of benzene rings is 3. The molecule has 0 spiro atoms. The summed E-state index contributed by atoms with van der Waals surface area (Å²) in [5, 5.41) is 11.2. The summed E-state index contributed by atoms with van der Waals surface area (Å²) in [4.78, 5) is 14.1. The summed E-state index contributed by atoms with van der Waals surface area (Å²) >= 11 is 0. The predicted molar refractivity (Wildman–Crippen MR) is 124 cm³/mol. The van der Waals surface area contributed by atoms with Crippen molar-refractivity contribution in [1.29, 1.82) is 0 Å². The van der Waals surface area contributed by atoms with Crippen LogP contribution in [0.3, 0.4) is 0 Å². The lowest BCUT2D eigenvalue weighted by molar-refractivity contribution is 0.0165. The Balaban J connectivity index is 1.35. The monoisotopic (exact) mass is 415 g/mol. The number of aliphatic hydroxyl groups is 1. The van der Waals surface area contributed by atoms with E-state index < -0.39 is 5.60 Å². The Morgan fingerprint density at radius 1 is 0.903 bits per heavy atom. The Morgan fingerprint density at radius 2 is 1.52 bits per heavy atom. The van der Waals surface area contributed by atoms with Crippen LogP contribution in [0.4, 0.5) is 5.69 Å². The predicted octanol–water partition coefficient (Wildman–Crippen LogP) is 5.10. The number of esters is 1. The third kappa shape index (κ3) is 5.15. The van der Waals surface area contributed by atoms with Gasteiger partial charge >= 0.3 is 5.97 Å². The van der Waals surface area contributed by atoms with Gasteiger partial charge in [0.2, 0.25) is 0 Å². The Labute approximate surface area is 184 Å². The number of hydrogen-bond donors (Lipinski definition) is 1. The smallest absolute Gasteiger partial charge is 0.338 e. The molecule has 0 saturated carbocycles. The van der Waals surface area contributed by atoms with E-state index >= 15 is 0 Å². The van der Waals surface area contributed by atoms with Crippen LogP contribution in [0, 0.1) is 0 Å². The van der Waals surface area contributed by atoms with Gasteiger partial charge in [0.05, 0.1) is 17.8 Å². The summed E-state index contributed by atoms with van der Waals surface area (Å²) in [6.07, 6.45) is 2.10. The first-order valence-electron chi connectivity index (χ1n) is 11.0. The van der Waals surface area contributed by atoms with Gasteiger partial charge in [-0.2, -0.15) is 0 Å². The second-order valence-corrected chi connectivity index (χ2v) is 8.22. The van der Waals surface area contributed by atoms with Gasteiger partial charge in [0.25, 0.3) is 0 Å². The van der Waals surface area contributed by atoms with Crippen molar-refractivity contribution in [3.8, 4) is 11.1 Å². The van der Waals surface area contributed by atoms with Crippen LogP contribution < -0.4 is 4.90 Å². The normalized spacial score (nSPS) is 15.5. The SMILES string of the molecule is CCOC(=O)c1ccc(N2CCC(O)(Cc3ccc(-c4ccccc4)cc3)CC2)cc1. The van der Waals surface area contributed by atoms with Crippen LogP contribution in [-0.4, -0.2) is 36.4 Å². The van der Waals surface area contributed by atoms with Crippen LogP contribution >= 0.6 is 0 Å². The van der Waals surface area contributed by atoms with E-state index in [1.807, 2.05) is 42.5 Å². The molecular formula is C27H29NO3. The van der Waals surface area contributed by atoms with Crippen molar-refractivity contribution in [2.75, 3.05) is 24.6 Å². The van der Waals surface area contributed by atoms with Crippen molar-refractivity contribution in [3.05, 3.63) is 90.0 Å². The third-order valence-corrected chi connectivity index (χ3v) is 6.03. The van der Waals surface area contributed by atoms with E-state index in [9.17, 15) is 9.90 Å². The van der Waals surface area contributed by atoms with Crippen LogP contribution in [0.25, 0.3) is 11.1 Å². The van der Waals surface area contributed by atoms with Gasteiger partial charge in [-0.3, -0.25) is 0 Å². The van der Waals surface area contributed by atoms with Gasteiger partial charge in [0.1, 0.15) is 0 Å². The molecule has 1 heterocycles. The minimum absolute atomic E-state index is 0.291. The van der Waals surface area contributed by atoms with E-state index in [-0.39, 0.29) is 5.97 Å². The molecule has 0 amide bonds. The van der Waals surface area contributed by atoms with E-state index in [4.69, 9.17) is 4.74 Å². The van der Waals surface area contributed by atoms with Crippen LogP contribution in [0.5, 0.6) is 0 Å². The number of anilines is 1. The quantitative estimate of drug-likeness (QED) is 0.569. The van der Waals surface area contributed by atoms with Crippen LogP contribution in [-0.2, 0) is 11.2 Å². The number of ether oxygens (including phenoxy) is 1. The fourth-order valence-corrected chi connectivity index (χ4v) is 4.21. The first-order valence-corrected chi connectivity index (χ1v) is 11.0. The Bertz CT molecular complexity index is 989. The highest BCUT2D eigenvalue weighted by atomic mass is 16.5. The van der Waals surface area contributed by atoms with Crippen molar-refractivity contribution >= 4 is 11.7 Å². The highest BCUT2D eigenvalue weighted by Crippen LogP contribution is 2.30. The zero-order chi connectivity index (χ0) is 21.7. The van der Waals surface area contributed by atoms with Crippen molar-refractivity contribution in [2.24, 2.45) is 0 Å². The van der Waals surface area contributed by atoms with Crippen molar-refractivity contribution in [3.63, 3.8) is 0 Å². The van der Waals surface area contributed by atoms with Gasteiger partial charge < -0.3 is 14.7 Å². The van der Waals surface area contributed by atoms with Gasteiger partial charge in [-0.1, -0.05) is 54.6 Å². The molecule has 160 valence electrons. The molecule has 31 heavy (non-hydrogen) atoms. The first-order chi connectivity index (χ1) is 15.1. The standard InChI is InChI=1S/C27H29NO3/c1-2-31-26(29)24-12-14-25(15-13-24)28-18-16-27(30,17-19-28)20-21-8-10-23(11-9-21)22-6-4-3-5-7-22/h3-15,30H,2,16-20H2,1H3. The number of hydrogen-bond acceptors (Lipinski definition) is 4. The molecule has 0 aromatic heterocycles. The summed E-state index contributed by atoms with van der Waals surface area (Å²) in [6, 6.07) is 26.4. The number of piperidine rings is 1. The molecule has 3 aromatic carbocycles. The molecule has 4 nitrogen and oxygen atoms in total. The highest BCUT2D eigenvalue weighted by molar-refractivity contribution is 5.89. The molecule has 0 unspecified atom stereocenters. The molecule has 1 fully saturated rings. The van der Waals surface area contributed by atoms with Crippen molar-refractivity contribution in [1.82, 2.24) is 0 Å². The lowest BCUT2D eigenvalue weighted by atomic mass is 9.85. The highest BCUT2D eigenvalue weighted by Gasteiger charge is 2.32. The maximum absolute atomic E-state index is 11.8. The fourth-order valence-electron chi connectivity index (χ4n) is 4.21. The average Bonchev–Trinajstić information content (AvgIpc) is 2.81. The second kappa shape index (κ2) is 9.36. The minimum atomic E-state index is -0.685. The lowest BCUT2D eigenvalue weighted by Crippen LogP contribution is -2.45. The molecule has 0 aliphatic carbocycles. The topological polar surface area (TPSA) is 49.8 Å². The van der Waals surface area contributed by atoms with Gasteiger partial charge in [0, 0.05) is 25.2 Å². The third-order valence-electron chi connectivity index (χ3n) is 6.03. The fraction of sp³-hybridized carbons (Fsp3) is 0.296. The largest absolute Gasteiger partial charge is 0.462 e. The summed E-state index contributed by atoms with van der Waals surface area (Å²) in [7, 11) is 0. The molecule has 1 saturated heterocycles. The maximum atomic E-state index is 11.8. The molecule has 4 heteroatoms. The zero-order valence-corrected chi connectivity index (χ0v) is 18.0. The average molecular weight is 416 g/mol. The van der Waals surface area contributed by atoms with Crippen LogP contribution in [0.2, 0.25) is 0 Å². The molecule has 0 radical (unpaired) electrons. The maximum Gasteiger partial charge on any atom is 0.338 e. The Hall–Kier alpha value is -3.11. The number of carbonyl (C=O) groups excluding carboxylic acids is 1. The molecule has 0 bridgehead atoms. The molecular weight excluding hydrogens is 386 g/mol. The van der Waals surface area contributed by atoms with E-state index in [0.29, 0.717) is 31.4 Å². The Morgan fingerprint density at radius 3 is 2.13 bits per heavy atom. The van der Waals surface area contributed by atoms with Gasteiger partial charge in [-0.25, -0.2) is 4.79 Å². The zero-order valence-electron chi connectivity index (χ0n) is 18.0. The van der Waals surface area contributed by atoms with Crippen molar-refractivity contribution < 1.29 is 14.6 Å². The Kier molecular flexibility index (Phi) is 6.38. The summed E-state index contributed by atoms with van der Waals surface area (Å²) in [6.45, 7) is 3.76. The summed E-state index contributed by atoms with van der Waals surface area (Å²) in [5.41, 5.74) is 4.51. The second-order valence-electron chi connectivity index (χ2n) is 8.22. The van der Waals surface area contributed by atoms with E-state index in [1.54, 1.807) is 6.92 Å². The minimum Gasteiger partial charge on any atom is -0.462 e. The number of rotatable bonds is 6. The first kappa shape index (κ1) is 21.1. The van der Waals surface area contributed by atoms with Crippen LogP contribution in [0.1, 0.15) is 35.7 Å². The number of nitrogens with zero attached hydrogens (tertiary/aromatic N) is 1. The van der Waals surface area contributed by atoms with Gasteiger partial charge in [-0.05, 0) is 60.7 Å². The van der Waals surface area contributed by atoms with Gasteiger partial charge in [0.15, 0.2) is 0 Å². The summed E-state index contributed by atoms with van der Waals surface area (Å²) < 4.78 is 5.04. The lowest BCUT2D eigenvalue weighted by Gasteiger charge is -2.39. The van der Waals surface area contributed by atoms with Crippen molar-refractivity contribution in [2.45, 2.75) is 31.8 Å². The van der Waals surface area contributed by atoms with E-state index in [0.717, 1.165) is 24.3 Å². The molecule has 1 aliphatic rings. The van der Waals surface area contributed by atoms with E-state index in [2.05, 4.69) is 41.3 Å². The van der Waals surface area contributed by atoms with Gasteiger partial charge in [-0.15, -0.1) is 0 Å². The molecule has 4 rings (SSSR count). The molecule has 3 aromatic rings. The molecule has 1 N–H and O–H groups in total. The molecule has 1 aliphatic heterocycles. The molecule has 0 atom stereocenters.